The van der Waals surface area contributed by atoms with Gasteiger partial charge in [-0.25, -0.2) is 4.39 Å². The molecule has 228 valence electrons. The molecule has 0 radical (unpaired) electrons. The van der Waals surface area contributed by atoms with E-state index in [1.165, 1.54) is 19.1 Å². The summed E-state index contributed by atoms with van der Waals surface area (Å²) in [4.78, 5) is 16.3. The Morgan fingerprint density at radius 2 is 1.64 bits per heavy atom. The number of carbonyl (C=O) groups excluding carboxylic acids is 1. The zero-order chi connectivity index (χ0) is 30.6. The molecule has 2 aromatic carbocycles. The second-order valence-corrected chi connectivity index (χ2v) is 11.4. The molecule has 0 saturated carbocycles. The largest absolute Gasteiger partial charge is 0.416 e. The first-order valence-electron chi connectivity index (χ1n) is 13.6. The van der Waals surface area contributed by atoms with Crippen molar-refractivity contribution in [3.63, 3.8) is 0 Å². The van der Waals surface area contributed by atoms with E-state index >= 15 is 0 Å². The van der Waals surface area contributed by atoms with E-state index in [0.717, 1.165) is 11.3 Å². The Labute approximate surface area is 238 Å². The van der Waals surface area contributed by atoms with Crippen molar-refractivity contribution in [3.8, 4) is 0 Å². The van der Waals surface area contributed by atoms with Crippen molar-refractivity contribution in [2.24, 2.45) is 11.8 Å². The zero-order valence-electron chi connectivity index (χ0n) is 23.2. The minimum atomic E-state index is -4.99. The van der Waals surface area contributed by atoms with Crippen LogP contribution in [0.25, 0.3) is 0 Å². The van der Waals surface area contributed by atoms with E-state index in [9.17, 15) is 35.5 Å². The molecule has 5 atom stereocenters. The third-order valence-corrected chi connectivity index (χ3v) is 8.32. The van der Waals surface area contributed by atoms with E-state index in [1.807, 2.05) is 11.9 Å². The van der Waals surface area contributed by atoms with Crippen LogP contribution < -0.4 is 0 Å². The smallest absolute Gasteiger partial charge is 0.373 e. The molecule has 42 heavy (non-hydrogen) atoms. The number of halogens is 7. The van der Waals surface area contributed by atoms with Crippen LogP contribution in [0.5, 0.6) is 0 Å². The van der Waals surface area contributed by atoms with Gasteiger partial charge in [0.15, 0.2) is 12.1 Å². The molecular formula is C30H31F7N2O3. The topological polar surface area (TPSA) is 42.0 Å². The lowest BCUT2D eigenvalue weighted by atomic mass is 9.76. The molecule has 0 spiro atoms. The van der Waals surface area contributed by atoms with Crippen LogP contribution in [0.15, 0.2) is 48.2 Å². The summed E-state index contributed by atoms with van der Waals surface area (Å²) in [5, 5.41) is 0. The number of fused-ring (bicyclic) bond motifs is 1. The molecule has 3 heterocycles. The van der Waals surface area contributed by atoms with Crippen molar-refractivity contribution in [1.82, 2.24) is 9.80 Å². The molecule has 0 N–H and O–H groups in total. The van der Waals surface area contributed by atoms with Gasteiger partial charge in [0.2, 0.25) is 0 Å². The van der Waals surface area contributed by atoms with Crippen molar-refractivity contribution in [2.45, 2.75) is 44.5 Å². The monoisotopic (exact) mass is 600 g/mol. The van der Waals surface area contributed by atoms with E-state index < -0.39 is 47.6 Å². The van der Waals surface area contributed by atoms with E-state index in [4.69, 9.17) is 9.47 Å². The Bertz CT molecular complexity index is 1340. The normalized spacial score (nSPS) is 26.3. The first-order valence-corrected chi connectivity index (χ1v) is 13.6. The molecule has 2 saturated heterocycles. The van der Waals surface area contributed by atoms with Gasteiger partial charge in [-0.2, -0.15) is 26.3 Å². The maximum atomic E-state index is 14.1. The van der Waals surface area contributed by atoms with Crippen LogP contribution in [-0.2, 0) is 26.6 Å². The molecule has 12 heteroatoms. The summed E-state index contributed by atoms with van der Waals surface area (Å²) in [6.45, 7) is 5.38. The summed E-state index contributed by atoms with van der Waals surface area (Å²) in [5.74, 6) is -1.05. The molecule has 0 unspecified atom stereocenters. The molecule has 0 bridgehead atoms. The fourth-order valence-electron chi connectivity index (χ4n) is 6.31. The second kappa shape index (κ2) is 11.3. The quantitative estimate of drug-likeness (QED) is 0.375. The summed E-state index contributed by atoms with van der Waals surface area (Å²) in [5.41, 5.74) is -0.938. The number of alkyl halides is 6. The highest BCUT2D eigenvalue weighted by Crippen LogP contribution is 2.47. The third-order valence-electron chi connectivity index (χ3n) is 8.32. The van der Waals surface area contributed by atoms with Gasteiger partial charge in [-0.1, -0.05) is 6.07 Å². The van der Waals surface area contributed by atoms with Gasteiger partial charge < -0.3 is 14.4 Å². The number of hydrogen-bond acceptors (Lipinski definition) is 5. The number of nitrogens with zero attached hydrogens (tertiary/aromatic N) is 2. The number of ketones is 1. The molecular weight excluding hydrogens is 569 g/mol. The number of hydrogen-bond donors (Lipinski definition) is 0. The summed E-state index contributed by atoms with van der Waals surface area (Å²) >= 11 is 0. The molecule has 0 amide bonds. The molecule has 3 aliphatic heterocycles. The molecule has 2 aromatic rings. The molecule has 0 aromatic heterocycles. The zero-order valence-corrected chi connectivity index (χ0v) is 23.2. The first-order chi connectivity index (χ1) is 19.6. The maximum absolute atomic E-state index is 14.1. The molecule has 0 aliphatic carbocycles. The number of likely N-dealkylation sites (tertiary alicyclic amines) is 1. The number of carbonyl (C=O) groups is 1. The van der Waals surface area contributed by atoms with E-state index in [2.05, 4.69) is 4.90 Å². The first kappa shape index (κ1) is 30.5. The van der Waals surface area contributed by atoms with Gasteiger partial charge >= 0.3 is 12.4 Å². The van der Waals surface area contributed by atoms with Crippen LogP contribution in [0.3, 0.4) is 0 Å². The van der Waals surface area contributed by atoms with Crippen LogP contribution in [0.4, 0.5) is 30.7 Å². The number of benzene rings is 2. The maximum Gasteiger partial charge on any atom is 0.416 e. The Kier molecular flexibility index (Phi) is 8.19. The summed E-state index contributed by atoms with van der Waals surface area (Å²) in [6.07, 6.45) is -10.6. The summed E-state index contributed by atoms with van der Waals surface area (Å²) < 4.78 is 107. The highest BCUT2D eigenvalue weighted by molar-refractivity contribution is 5.92. The Morgan fingerprint density at radius 3 is 2.24 bits per heavy atom. The van der Waals surface area contributed by atoms with E-state index in [0.29, 0.717) is 43.9 Å². The van der Waals surface area contributed by atoms with Crippen LogP contribution in [0.2, 0.25) is 0 Å². The minimum absolute atomic E-state index is 0.00299. The van der Waals surface area contributed by atoms with Crippen molar-refractivity contribution in [3.05, 3.63) is 81.8 Å². The molecule has 5 rings (SSSR count). The average molecular weight is 601 g/mol. The summed E-state index contributed by atoms with van der Waals surface area (Å²) in [7, 11) is 1.85. The van der Waals surface area contributed by atoms with Crippen LogP contribution in [0.1, 0.15) is 46.8 Å². The summed E-state index contributed by atoms with van der Waals surface area (Å²) in [6, 6.07) is 5.69. The highest BCUT2D eigenvalue weighted by Gasteiger charge is 2.48. The third kappa shape index (κ3) is 6.35. The Balaban J connectivity index is 1.47. The average Bonchev–Trinajstić information content (AvgIpc) is 3.32. The van der Waals surface area contributed by atoms with Crippen molar-refractivity contribution >= 4 is 5.78 Å². The molecule has 3 aliphatic rings. The minimum Gasteiger partial charge on any atom is -0.373 e. The fraction of sp³-hybridized carbons (Fsp3) is 0.500. The van der Waals surface area contributed by atoms with Gasteiger partial charge in [0.25, 0.3) is 0 Å². The predicted octanol–water partition coefficient (Wildman–Crippen LogP) is 6.34. The Hall–Kier alpha value is -2.96. The number of ether oxygens (including phenoxy) is 2. The van der Waals surface area contributed by atoms with Gasteiger partial charge in [0.1, 0.15) is 5.82 Å². The van der Waals surface area contributed by atoms with Crippen LogP contribution in [-0.4, -0.2) is 61.7 Å². The van der Waals surface area contributed by atoms with Gasteiger partial charge in [-0.15, -0.1) is 0 Å². The van der Waals surface area contributed by atoms with Gasteiger partial charge in [-0.3, -0.25) is 9.69 Å². The fourth-order valence-corrected chi connectivity index (χ4v) is 6.31. The number of aryl methyl sites for hydroxylation is 1. The van der Waals surface area contributed by atoms with Crippen LogP contribution >= 0.6 is 0 Å². The van der Waals surface area contributed by atoms with Crippen molar-refractivity contribution < 1.29 is 45.0 Å². The Morgan fingerprint density at radius 1 is 0.976 bits per heavy atom. The lowest BCUT2D eigenvalue weighted by molar-refractivity contribution is -0.217. The van der Waals surface area contributed by atoms with Gasteiger partial charge in [0, 0.05) is 43.2 Å². The molecule has 5 nitrogen and oxygen atoms in total. The SMILES string of the molecule is Cc1cc(F)ccc1[C@@H]1[C@@H](O[C@H](C)c2cc(C(F)(F)F)cc(C(F)(F)F)c2)OC[C@@H]2CN(C3=CC(=O)CN(C)C3)C[C@H]21. The van der Waals surface area contributed by atoms with Crippen LogP contribution in [0, 0.1) is 24.6 Å². The lowest BCUT2D eigenvalue weighted by Gasteiger charge is -2.41. The predicted molar refractivity (Wildman–Crippen MR) is 139 cm³/mol. The van der Waals surface area contributed by atoms with Gasteiger partial charge in [-0.05, 0) is 73.8 Å². The van der Waals surface area contributed by atoms with E-state index in [1.54, 1.807) is 19.1 Å². The van der Waals surface area contributed by atoms with Crippen molar-refractivity contribution in [2.75, 3.05) is 39.8 Å². The molecule has 2 fully saturated rings. The number of rotatable bonds is 5. The van der Waals surface area contributed by atoms with Gasteiger partial charge in [0.05, 0.1) is 30.4 Å². The lowest BCUT2D eigenvalue weighted by Crippen LogP contribution is -2.42. The highest BCUT2D eigenvalue weighted by atomic mass is 19.4. The second-order valence-electron chi connectivity index (χ2n) is 11.4. The number of likely N-dealkylation sites (N-methyl/N-ethyl adjacent to an activating group) is 1. The van der Waals surface area contributed by atoms with E-state index in [-0.39, 0.29) is 35.9 Å². The standard InChI is InChI=1S/C30H31F7N2O3/c1-16-6-22(31)4-5-25(16)27-26-14-39(23-10-24(40)13-38(3)12-23)11-19(26)15-41-28(27)42-17(2)18-7-20(29(32,33)34)9-21(8-18)30(35,36)37/h4-10,17,19,26-28H,11-15H2,1-3H3/t17-,19+,26-,27+,28-/m1/s1. The van der Waals surface area contributed by atoms with Crippen molar-refractivity contribution in [1.29, 1.82) is 0 Å².